The van der Waals surface area contributed by atoms with Crippen molar-refractivity contribution < 1.29 is 4.74 Å². The summed E-state index contributed by atoms with van der Waals surface area (Å²) in [6.45, 7) is 2.09. The van der Waals surface area contributed by atoms with Crippen molar-refractivity contribution in [2.45, 2.75) is 22.8 Å². The fourth-order valence-electron chi connectivity index (χ4n) is 1.86. The van der Waals surface area contributed by atoms with Crippen LogP contribution in [0.5, 0.6) is 5.75 Å². The molecule has 0 saturated carbocycles. The minimum atomic E-state index is 0.252. The molecule has 0 fully saturated rings. The first-order valence-corrected chi connectivity index (χ1v) is 7.62. The molecule has 0 aliphatic carbocycles. The van der Waals surface area contributed by atoms with Crippen LogP contribution in [0.2, 0.25) is 5.02 Å². The van der Waals surface area contributed by atoms with E-state index in [1.165, 1.54) is 0 Å². The highest BCUT2D eigenvalue weighted by molar-refractivity contribution is 7.99. The average molecular weight is 308 g/mol. The Morgan fingerprint density at radius 2 is 1.75 bits per heavy atom. The Morgan fingerprint density at radius 1 is 1.10 bits per heavy atom. The maximum Gasteiger partial charge on any atom is 0.118 e. The van der Waals surface area contributed by atoms with Crippen molar-refractivity contribution in [1.29, 1.82) is 0 Å². The molecule has 0 radical (unpaired) electrons. The van der Waals surface area contributed by atoms with Crippen molar-refractivity contribution in [3.05, 3.63) is 53.1 Å². The van der Waals surface area contributed by atoms with Gasteiger partial charge in [-0.15, -0.1) is 0 Å². The van der Waals surface area contributed by atoms with E-state index in [1.54, 1.807) is 18.9 Å². The second kappa shape index (κ2) is 7.02. The summed E-state index contributed by atoms with van der Waals surface area (Å²) >= 11 is 8.03. The summed E-state index contributed by atoms with van der Waals surface area (Å²) in [4.78, 5) is 2.29. The number of halogens is 1. The van der Waals surface area contributed by atoms with Gasteiger partial charge in [-0.3, -0.25) is 0 Å². The van der Waals surface area contributed by atoms with Crippen molar-refractivity contribution in [3.63, 3.8) is 0 Å². The number of ether oxygens (including phenoxy) is 1. The van der Waals surface area contributed by atoms with Crippen LogP contribution in [0.1, 0.15) is 18.5 Å². The maximum absolute atomic E-state index is 6.34. The molecule has 1 atom stereocenters. The lowest BCUT2D eigenvalue weighted by Crippen LogP contribution is -2.12. The van der Waals surface area contributed by atoms with Crippen LogP contribution >= 0.6 is 23.4 Å². The van der Waals surface area contributed by atoms with Crippen LogP contribution in [0.15, 0.2) is 52.3 Å². The minimum absolute atomic E-state index is 0.252. The zero-order chi connectivity index (χ0) is 14.5. The van der Waals surface area contributed by atoms with Crippen LogP contribution in [0.4, 0.5) is 0 Å². The first-order valence-electron chi connectivity index (χ1n) is 6.42. The van der Waals surface area contributed by atoms with Crippen LogP contribution < -0.4 is 10.1 Å². The van der Waals surface area contributed by atoms with Crippen molar-refractivity contribution in [1.82, 2.24) is 5.32 Å². The van der Waals surface area contributed by atoms with Crippen molar-refractivity contribution in [2.24, 2.45) is 0 Å². The van der Waals surface area contributed by atoms with Gasteiger partial charge in [-0.25, -0.2) is 0 Å². The Bertz CT molecular complexity index is 571. The normalized spacial score (nSPS) is 12.2. The molecule has 0 saturated heterocycles. The largest absolute Gasteiger partial charge is 0.497 e. The molecular weight excluding hydrogens is 290 g/mol. The maximum atomic E-state index is 6.34. The third kappa shape index (κ3) is 3.69. The van der Waals surface area contributed by atoms with Gasteiger partial charge >= 0.3 is 0 Å². The highest BCUT2D eigenvalue weighted by Crippen LogP contribution is 2.33. The monoisotopic (exact) mass is 307 g/mol. The van der Waals surface area contributed by atoms with Gasteiger partial charge in [0.05, 0.1) is 7.11 Å². The van der Waals surface area contributed by atoms with E-state index >= 15 is 0 Å². The lowest BCUT2D eigenvalue weighted by molar-refractivity contribution is 0.414. The van der Waals surface area contributed by atoms with Gasteiger partial charge in [0.15, 0.2) is 0 Å². The molecule has 0 aliphatic heterocycles. The van der Waals surface area contributed by atoms with Crippen LogP contribution in [0.3, 0.4) is 0 Å². The number of nitrogens with one attached hydrogen (secondary N) is 1. The molecule has 2 rings (SSSR count). The molecule has 1 N–H and O–H groups in total. The zero-order valence-electron chi connectivity index (χ0n) is 11.8. The van der Waals surface area contributed by atoms with Gasteiger partial charge in [-0.05, 0) is 55.9 Å². The van der Waals surface area contributed by atoms with Gasteiger partial charge in [0, 0.05) is 20.9 Å². The molecule has 0 aliphatic rings. The summed E-state index contributed by atoms with van der Waals surface area (Å²) in [5.41, 5.74) is 1.12. The quantitative estimate of drug-likeness (QED) is 0.859. The van der Waals surface area contributed by atoms with E-state index in [2.05, 4.69) is 24.4 Å². The van der Waals surface area contributed by atoms with E-state index < -0.39 is 0 Å². The van der Waals surface area contributed by atoms with Crippen molar-refractivity contribution >= 4 is 23.4 Å². The molecule has 0 spiro atoms. The molecule has 4 heteroatoms. The Hall–Kier alpha value is -1.16. The van der Waals surface area contributed by atoms with E-state index in [9.17, 15) is 0 Å². The summed E-state index contributed by atoms with van der Waals surface area (Å²) in [6.07, 6.45) is 0. The predicted molar refractivity (Wildman–Crippen MR) is 86.0 cm³/mol. The Balaban J connectivity index is 2.15. The van der Waals surface area contributed by atoms with Crippen molar-refractivity contribution in [2.75, 3.05) is 14.2 Å². The van der Waals surface area contributed by atoms with E-state index in [0.29, 0.717) is 0 Å². The molecule has 0 heterocycles. The third-order valence-electron chi connectivity index (χ3n) is 3.17. The molecule has 2 nitrogen and oxygen atoms in total. The molecule has 2 aromatic carbocycles. The number of methoxy groups -OCH3 is 1. The lowest BCUT2D eigenvalue weighted by atomic mass is 10.1. The lowest BCUT2D eigenvalue weighted by Gasteiger charge is -2.13. The predicted octanol–water partition coefficient (Wildman–Crippen LogP) is 4.78. The highest BCUT2D eigenvalue weighted by atomic mass is 35.5. The molecule has 0 aromatic heterocycles. The zero-order valence-corrected chi connectivity index (χ0v) is 13.4. The topological polar surface area (TPSA) is 21.3 Å². The molecule has 1 unspecified atom stereocenters. The summed E-state index contributed by atoms with van der Waals surface area (Å²) in [5, 5.41) is 4.00. The standard InChI is InChI=1S/C16H18ClNOS/c1-11(18-2)15-9-8-14(10-16(15)17)20-13-6-4-12(19-3)5-7-13/h4-11,18H,1-3H3. The van der Waals surface area contributed by atoms with Crippen LogP contribution in [0.25, 0.3) is 0 Å². The average Bonchev–Trinajstić information content (AvgIpc) is 2.47. The van der Waals surface area contributed by atoms with Gasteiger partial charge in [-0.2, -0.15) is 0 Å². The van der Waals surface area contributed by atoms with Gasteiger partial charge in [0.25, 0.3) is 0 Å². The molecule has 0 bridgehead atoms. The fourth-order valence-corrected chi connectivity index (χ4v) is 3.12. The summed E-state index contributed by atoms with van der Waals surface area (Å²) in [6, 6.07) is 14.5. The minimum Gasteiger partial charge on any atom is -0.497 e. The second-order valence-electron chi connectivity index (χ2n) is 4.47. The molecule has 0 amide bonds. The summed E-state index contributed by atoms with van der Waals surface area (Å²) in [5.74, 6) is 0.866. The summed E-state index contributed by atoms with van der Waals surface area (Å²) < 4.78 is 5.16. The number of hydrogen-bond donors (Lipinski definition) is 1. The van der Waals surface area contributed by atoms with Gasteiger partial charge in [0.2, 0.25) is 0 Å². The first kappa shape index (κ1) is 15.2. The Labute approximate surface area is 129 Å². The van der Waals surface area contributed by atoms with Crippen LogP contribution in [-0.4, -0.2) is 14.2 Å². The number of benzene rings is 2. The van der Waals surface area contributed by atoms with Crippen LogP contribution in [-0.2, 0) is 0 Å². The SMILES string of the molecule is CNC(C)c1ccc(Sc2ccc(OC)cc2)cc1Cl. The first-order chi connectivity index (χ1) is 9.63. The molecule has 20 heavy (non-hydrogen) atoms. The second-order valence-corrected chi connectivity index (χ2v) is 6.03. The van der Waals surface area contributed by atoms with Gasteiger partial charge in [-0.1, -0.05) is 29.4 Å². The van der Waals surface area contributed by atoms with E-state index in [4.69, 9.17) is 16.3 Å². The van der Waals surface area contributed by atoms with E-state index in [0.717, 1.165) is 26.1 Å². The highest BCUT2D eigenvalue weighted by Gasteiger charge is 2.08. The van der Waals surface area contributed by atoms with Gasteiger partial charge in [0.1, 0.15) is 5.75 Å². The molecular formula is C16H18ClNOS. The molecule has 2 aromatic rings. The fraction of sp³-hybridized carbons (Fsp3) is 0.250. The Kier molecular flexibility index (Phi) is 5.35. The van der Waals surface area contributed by atoms with E-state index in [-0.39, 0.29) is 6.04 Å². The summed E-state index contributed by atoms with van der Waals surface area (Å²) in [7, 11) is 3.60. The van der Waals surface area contributed by atoms with Crippen LogP contribution in [0, 0.1) is 0 Å². The number of hydrogen-bond acceptors (Lipinski definition) is 3. The van der Waals surface area contributed by atoms with E-state index in [1.807, 2.05) is 37.4 Å². The smallest absolute Gasteiger partial charge is 0.118 e. The van der Waals surface area contributed by atoms with Crippen molar-refractivity contribution in [3.8, 4) is 5.75 Å². The Morgan fingerprint density at radius 3 is 2.30 bits per heavy atom. The molecule has 106 valence electrons. The van der Waals surface area contributed by atoms with Gasteiger partial charge < -0.3 is 10.1 Å². The third-order valence-corrected chi connectivity index (χ3v) is 4.49. The number of rotatable bonds is 5.